The van der Waals surface area contributed by atoms with Crippen molar-refractivity contribution in [2.24, 2.45) is 0 Å². The van der Waals surface area contributed by atoms with E-state index in [2.05, 4.69) is 23.6 Å². The van der Waals surface area contributed by atoms with Crippen LogP contribution in [0.25, 0.3) is 16.9 Å². The molecule has 0 atom stereocenters. The lowest BCUT2D eigenvalue weighted by atomic mass is 10.1. The van der Waals surface area contributed by atoms with Gasteiger partial charge in [-0.05, 0) is 40.9 Å². The van der Waals surface area contributed by atoms with Crippen molar-refractivity contribution in [2.45, 2.75) is 19.4 Å². The Balaban J connectivity index is 1.56. The van der Waals surface area contributed by atoms with E-state index in [0.29, 0.717) is 13.0 Å². The molecular weight excluding hydrogens is 378 g/mol. The number of amides is 1. The highest BCUT2D eigenvalue weighted by Crippen LogP contribution is 2.25. The summed E-state index contributed by atoms with van der Waals surface area (Å²) in [5.74, 6) is 0.141. The molecule has 0 fully saturated rings. The molecule has 4 aromatic rings. The molecule has 0 saturated heterocycles. The van der Waals surface area contributed by atoms with Crippen molar-refractivity contribution in [2.75, 3.05) is 7.05 Å². The lowest BCUT2D eigenvalue weighted by Crippen LogP contribution is -2.26. The highest BCUT2D eigenvalue weighted by atomic mass is 32.1. The van der Waals surface area contributed by atoms with Crippen LogP contribution < -0.4 is 0 Å². The van der Waals surface area contributed by atoms with Gasteiger partial charge in [0.05, 0.1) is 11.4 Å². The lowest BCUT2D eigenvalue weighted by molar-refractivity contribution is -0.130. The fourth-order valence-corrected chi connectivity index (χ4v) is 4.00. The van der Waals surface area contributed by atoms with Gasteiger partial charge in [0.2, 0.25) is 5.91 Å². The third kappa shape index (κ3) is 4.63. The van der Waals surface area contributed by atoms with Crippen molar-refractivity contribution >= 4 is 17.2 Å². The topological polar surface area (TPSA) is 38.1 Å². The standard InChI is InChI=1S/C24H23N3OS/c1-26(23(28)13-12-19-14-15-29-18-19)16-21-17-27(22-10-6-3-7-11-22)25-24(21)20-8-4-2-5-9-20/h2-11,14-15,17-18H,12-13,16H2,1H3. The van der Waals surface area contributed by atoms with Gasteiger partial charge in [0.1, 0.15) is 0 Å². The number of thiophene rings is 1. The number of hydrogen-bond acceptors (Lipinski definition) is 3. The zero-order chi connectivity index (χ0) is 20.1. The summed E-state index contributed by atoms with van der Waals surface area (Å²) in [5.41, 5.74) is 5.22. The Morgan fingerprint density at radius 2 is 1.76 bits per heavy atom. The number of carbonyl (C=O) groups is 1. The molecule has 29 heavy (non-hydrogen) atoms. The molecule has 0 radical (unpaired) electrons. The third-order valence-corrected chi connectivity index (χ3v) is 5.63. The Labute approximate surface area is 175 Å². The van der Waals surface area contributed by atoms with Crippen LogP contribution in [0.1, 0.15) is 17.5 Å². The van der Waals surface area contributed by atoms with Gasteiger partial charge in [-0.2, -0.15) is 16.4 Å². The summed E-state index contributed by atoms with van der Waals surface area (Å²) in [4.78, 5) is 14.5. The minimum Gasteiger partial charge on any atom is -0.341 e. The molecule has 0 aliphatic rings. The average Bonchev–Trinajstić information content (AvgIpc) is 3.43. The molecular formula is C24H23N3OS. The Kier molecular flexibility index (Phi) is 5.86. The fourth-order valence-electron chi connectivity index (χ4n) is 3.30. The molecule has 0 aliphatic carbocycles. The maximum Gasteiger partial charge on any atom is 0.222 e. The van der Waals surface area contributed by atoms with Crippen LogP contribution in [0.4, 0.5) is 0 Å². The second-order valence-corrected chi connectivity index (χ2v) is 7.81. The van der Waals surface area contributed by atoms with Crippen molar-refractivity contribution in [3.63, 3.8) is 0 Å². The first kappa shape index (κ1) is 19.2. The number of hydrogen-bond donors (Lipinski definition) is 0. The summed E-state index contributed by atoms with van der Waals surface area (Å²) in [6.07, 6.45) is 3.32. The van der Waals surface area contributed by atoms with Gasteiger partial charge in [-0.3, -0.25) is 4.79 Å². The van der Waals surface area contributed by atoms with Crippen LogP contribution in [-0.2, 0) is 17.8 Å². The molecule has 0 aliphatic heterocycles. The molecule has 2 aromatic heterocycles. The van der Waals surface area contributed by atoms with Gasteiger partial charge in [-0.25, -0.2) is 4.68 Å². The van der Waals surface area contributed by atoms with E-state index in [1.165, 1.54) is 5.56 Å². The van der Waals surface area contributed by atoms with Gasteiger partial charge in [-0.1, -0.05) is 48.5 Å². The fraction of sp³-hybridized carbons (Fsp3) is 0.167. The van der Waals surface area contributed by atoms with Crippen molar-refractivity contribution in [1.29, 1.82) is 0 Å². The second kappa shape index (κ2) is 8.88. The van der Waals surface area contributed by atoms with Gasteiger partial charge in [-0.15, -0.1) is 0 Å². The summed E-state index contributed by atoms with van der Waals surface area (Å²) in [6.45, 7) is 0.527. The monoisotopic (exact) mass is 401 g/mol. The lowest BCUT2D eigenvalue weighted by Gasteiger charge is -2.17. The highest BCUT2D eigenvalue weighted by molar-refractivity contribution is 7.07. The van der Waals surface area contributed by atoms with Crippen LogP contribution in [0.2, 0.25) is 0 Å². The largest absolute Gasteiger partial charge is 0.341 e. The molecule has 0 N–H and O–H groups in total. The van der Waals surface area contributed by atoms with E-state index in [1.54, 1.807) is 16.2 Å². The molecule has 5 heteroatoms. The first-order valence-electron chi connectivity index (χ1n) is 9.65. The molecule has 0 bridgehead atoms. The van der Waals surface area contributed by atoms with Gasteiger partial charge in [0.25, 0.3) is 0 Å². The van der Waals surface area contributed by atoms with Crippen LogP contribution in [0, 0.1) is 0 Å². The van der Waals surface area contributed by atoms with Crippen molar-refractivity contribution in [3.8, 4) is 16.9 Å². The number of aromatic nitrogens is 2. The average molecular weight is 402 g/mol. The van der Waals surface area contributed by atoms with Crippen molar-refractivity contribution < 1.29 is 4.79 Å². The number of nitrogens with zero attached hydrogens (tertiary/aromatic N) is 3. The van der Waals surface area contributed by atoms with Gasteiger partial charge in [0, 0.05) is 37.3 Å². The maximum absolute atomic E-state index is 12.7. The van der Waals surface area contributed by atoms with E-state index in [-0.39, 0.29) is 5.91 Å². The summed E-state index contributed by atoms with van der Waals surface area (Å²) in [7, 11) is 1.87. The van der Waals surface area contributed by atoms with Crippen LogP contribution in [0.15, 0.2) is 83.7 Å². The SMILES string of the molecule is CN(Cc1cn(-c2ccccc2)nc1-c1ccccc1)C(=O)CCc1ccsc1. The minimum absolute atomic E-state index is 0.141. The molecule has 0 saturated carbocycles. The number of aryl methyl sites for hydroxylation is 1. The third-order valence-electron chi connectivity index (χ3n) is 4.90. The van der Waals surface area contributed by atoms with E-state index >= 15 is 0 Å². The number of carbonyl (C=O) groups excluding carboxylic acids is 1. The predicted octanol–water partition coefficient (Wildman–Crippen LogP) is 5.19. The van der Waals surface area contributed by atoms with Gasteiger partial charge >= 0.3 is 0 Å². The van der Waals surface area contributed by atoms with Gasteiger partial charge in [0.15, 0.2) is 0 Å². The first-order chi connectivity index (χ1) is 14.2. The van der Waals surface area contributed by atoms with Crippen LogP contribution >= 0.6 is 11.3 Å². The summed E-state index contributed by atoms with van der Waals surface area (Å²) in [6, 6.07) is 22.3. The van der Waals surface area contributed by atoms with Crippen molar-refractivity contribution in [1.82, 2.24) is 14.7 Å². The number of rotatable bonds is 7. The Morgan fingerprint density at radius 3 is 2.45 bits per heavy atom. The van der Waals surface area contributed by atoms with E-state index in [1.807, 2.05) is 71.8 Å². The predicted molar refractivity (Wildman–Crippen MR) is 118 cm³/mol. The first-order valence-corrected chi connectivity index (χ1v) is 10.6. The van der Waals surface area contributed by atoms with Crippen LogP contribution in [-0.4, -0.2) is 27.6 Å². The van der Waals surface area contributed by atoms with Crippen molar-refractivity contribution in [3.05, 3.63) is 94.8 Å². The summed E-state index contributed by atoms with van der Waals surface area (Å²) in [5, 5.41) is 8.98. The quantitative estimate of drug-likeness (QED) is 0.427. The maximum atomic E-state index is 12.7. The molecule has 2 aromatic carbocycles. The smallest absolute Gasteiger partial charge is 0.222 e. The summed E-state index contributed by atoms with van der Waals surface area (Å²) < 4.78 is 1.89. The minimum atomic E-state index is 0.141. The molecule has 146 valence electrons. The van der Waals surface area contributed by atoms with Crippen LogP contribution in [0.5, 0.6) is 0 Å². The van der Waals surface area contributed by atoms with Gasteiger partial charge < -0.3 is 4.90 Å². The highest BCUT2D eigenvalue weighted by Gasteiger charge is 2.16. The van der Waals surface area contributed by atoms with E-state index in [4.69, 9.17) is 5.10 Å². The van der Waals surface area contributed by atoms with Crippen LogP contribution in [0.3, 0.4) is 0 Å². The number of para-hydroxylation sites is 1. The second-order valence-electron chi connectivity index (χ2n) is 7.03. The Hall–Kier alpha value is -3.18. The molecule has 2 heterocycles. The van der Waals surface area contributed by atoms with E-state index in [9.17, 15) is 4.79 Å². The molecule has 4 rings (SSSR count). The van der Waals surface area contributed by atoms with E-state index in [0.717, 1.165) is 28.9 Å². The zero-order valence-corrected chi connectivity index (χ0v) is 17.2. The number of benzene rings is 2. The molecule has 0 unspecified atom stereocenters. The normalized spacial score (nSPS) is 10.8. The molecule has 4 nitrogen and oxygen atoms in total. The Bertz CT molecular complexity index is 1060. The van der Waals surface area contributed by atoms with E-state index < -0.39 is 0 Å². The molecule has 0 spiro atoms. The molecule has 1 amide bonds. The summed E-state index contributed by atoms with van der Waals surface area (Å²) >= 11 is 1.67. The zero-order valence-electron chi connectivity index (χ0n) is 16.4. The Morgan fingerprint density at radius 1 is 1.03 bits per heavy atom.